The summed E-state index contributed by atoms with van der Waals surface area (Å²) in [5.74, 6) is -0.135. The Bertz CT molecular complexity index is 1330. The van der Waals surface area contributed by atoms with Gasteiger partial charge in [0.25, 0.3) is 5.89 Å². The number of aryl methyl sites for hydroxylation is 1. The molecule has 0 aliphatic carbocycles. The van der Waals surface area contributed by atoms with Crippen LogP contribution >= 0.6 is 0 Å². The van der Waals surface area contributed by atoms with Crippen LogP contribution in [0.1, 0.15) is 23.1 Å². The molecule has 0 saturated carbocycles. The molecular formula is C26H22F3N3O3. The van der Waals surface area contributed by atoms with Gasteiger partial charge >= 0.3 is 12.1 Å². The van der Waals surface area contributed by atoms with E-state index in [9.17, 15) is 18.0 Å². The average Bonchev–Trinajstić information content (AvgIpc) is 3.32. The fourth-order valence-electron chi connectivity index (χ4n) is 3.64. The highest BCUT2D eigenvalue weighted by molar-refractivity contribution is 5.72. The van der Waals surface area contributed by atoms with Crippen molar-refractivity contribution in [3.05, 3.63) is 83.4 Å². The zero-order valence-electron chi connectivity index (χ0n) is 18.8. The monoisotopic (exact) mass is 481 g/mol. The number of carbonyl (C=O) groups is 1. The third kappa shape index (κ3) is 5.93. The second-order valence-corrected chi connectivity index (χ2v) is 8.05. The highest BCUT2D eigenvalue weighted by atomic mass is 19.4. The van der Waals surface area contributed by atoms with Gasteiger partial charge in [-0.3, -0.25) is 4.79 Å². The van der Waals surface area contributed by atoms with Crippen molar-refractivity contribution in [2.45, 2.75) is 26.1 Å². The summed E-state index contributed by atoms with van der Waals surface area (Å²) in [7, 11) is 0. The van der Waals surface area contributed by atoms with Crippen LogP contribution in [-0.2, 0) is 17.5 Å². The molecule has 2 N–H and O–H groups in total. The lowest BCUT2D eigenvalue weighted by Crippen LogP contribution is -2.17. The molecule has 3 aromatic carbocycles. The Morgan fingerprint density at radius 3 is 2.43 bits per heavy atom. The number of benzene rings is 3. The zero-order chi connectivity index (χ0) is 25.0. The fourth-order valence-corrected chi connectivity index (χ4v) is 3.64. The van der Waals surface area contributed by atoms with Crippen molar-refractivity contribution in [2.75, 3.05) is 6.54 Å². The SMILES string of the molecule is Cc1cc(-c2nc(-c3ccc(CNCCC(=O)O)cc3)no2)ccc1-c1cccc(C(F)(F)F)c1. The third-order valence-electron chi connectivity index (χ3n) is 5.46. The van der Waals surface area contributed by atoms with E-state index in [2.05, 4.69) is 15.5 Å². The maximum absolute atomic E-state index is 13.1. The van der Waals surface area contributed by atoms with Crippen molar-refractivity contribution in [3.8, 4) is 34.0 Å². The summed E-state index contributed by atoms with van der Waals surface area (Å²) in [5.41, 5.74) is 3.66. The molecular weight excluding hydrogens is 459 g/mol. The molecule has 0 radical (unpaired) electrons. The van der Waals surface area contributed by atoms with Gasteiger partial charge in [0, 0.05) is 24.2 Å². The molecule has 0 aliphatic rings. The van der Waals surface area contributed by atoms with E-state index >= 15 is 0 Å². The first kappa shape index (κ1) is 24.2. The molecule has 0 amide bonds. The largest absolute Gasteiger partial charge is 0.481 e. The van der Waals surface area contributed by atoms with Gasteiger partial charge in [-0.05, 0) is 53.4 Å². The molecule has 0 aliphatic heterocycles. The van der Waals surface area contributed by atoms with Gasteiger partial charge in [0.1, 0.15) is 0 Å². The summed E-state index contributed by atoms with van der Waals surface area (Å²) in [6, 6.07) is 18.0. The first-order chi connectivity index (χ1) is 16.7. The Morgan fingerprint density at radius 2 is 1.74 bits per heavy atom. The fraction of sp³-hybridized carbons (Fsp3) is 0.192. The van der Waals surface area contributed by atoms with E-state index in [1.807, 2.05) is 31.2 Å². The van der Waals surface area contributed by atoms with E-state index in [0.29, 0.717) is 41.5 Å². The molecule has 0 unspecified atom stereocenters. The van der Waals surface area contributed by atoms with Crippen molar-refractivity contribution in [3.63, 3.8) is 0 Å². The molecule has 0 atom stereocenters. The molecule has 1 heterocycles. The zero-order valence-corrected chi connectivity index (χ0v) is 18.8. The van der Waals surface area contributed by atoms with Crippen LogP contribution in [0, 0.1) is 6.92 Å². The maximum atomic E-state index is 13.1. The number of aromatic nitrogens is 2. The smallest absolute Gasteiger partial charge is 0.416 e. The number of carboxylic acid groups (broad SMARTS) is 1. The van der Waals surface area contributed by atoms with E-state index in [4.69, 9.17) is 9.63 Å². The maximum Gasteiger partial charge on any atom is 0.416 e. The second-order valence-electron chi connectivity index (χ2n) is 8.05. The number of rotatable bonds is 8. The minimum Gasteiger partial charge on any atom is -0.481 e. The standard InChI is InChI=1S/C26H22F3N3O3/c1-16-13-20(9-10-22(16)19-3-2-4-21(14-19)26(27,28)29)25-31-24(32-35-25)18-7-5-17(6-8-18)15-30-12-11-23(33)34/h2-10,13-14,30H,11-12,15H2,1H3,(H,33,34). The van der Waals surface area contributed by atoms with E-state index in [-0.39, 0.29) is 6.42 Å². The number of carboxylic acids is 1. The lowest BCUT2D eigenvalue weighted by molar-refractivity contribution is -0.138. The van der Waals surface area contributed by atoms with E-state index in [1.165, 1.54) is 6.07 Å². The van der Waals surface area contributed by atoms with Crippen LogP contribution in [0.15, 0.2) is 71.3 Å². The number of hydrogen-bond acceptors (Lipinski definition) is 5. The van der Waals surface area contributed by atoms with Crippen molar-refractivity contribution in [2.24, 2.45) is 0 Å². The van der Waals surface area contributed by atoms with Crippen LogP contribution in [0.25, 0.3) is 34.0 Å². The molecule has 35 heavy (non-hydrogen) atoms. The van der Waals surface area contributed by atoms with Crippen LogP contribution in [0.2, 0.25) is 0 Å². The third-order valence-corrected chi connectivity index (χ3v) is 5.46. The van der Waals surface area contributed by atoms with Crippen LogP contribution in [0.5, 0.6) is 0 Å². The lowest BCUT2D eigenvalue weighted by Gasteiger charge is -2.11. The second kappa shape index (κ2) is 10.1. The summed E-state index contributed by atoms with van der Waals surface area (Å²) in [4.78, 5) is 15.0. The van der Waals surface area contributed by atoms with E-state index in [0.717, 1.165) is 28.8 Å². The van der Waals surface area contributed by atoms with Gasteiger partial charge < -0.3 is 14.9 Å². The summed E-state index contributed by atoms with van der Waals surface area (Å²) < 4.78 is 44.7. The first-order valence-corrected chi connectivity index (χ1v) is 10.8. The summed E-state index contributed by atoms with van der Waals surface area (Å²) in [5, 5.41) is 15.8. The number of nitrogens with one attached hydrogen (secondary N) is 1. The van der Waals surface area contributed by atoms with Crippen LogP contribution < -0.4 is 5.32 Å². The summed E-state index contributed by atoms with van der Waals surface area (Å²) in [6.07, 6.45) is -4.34. The van der Waals surface area contributed by atoms with Gasteiger partial charge in [-0.2, -0.15) is 18.2 Å². The summed E-state index contributed by atoms with van der Waals surface area (Å²) >= 11 is 0. The molecule has 4 aromatic rings. The first-order valence-electron chi connectivity index (χ1n) is 10.8. The van der Waals surface area contributed by atoms with Crippen LogP contribution in [-0.4, -0.2) is 27.8 Å². The number of aliphatic carboxylic acids is 1. The van der Waals surface area contributed by atoms with Crippen molar-refractivity contribution < 1.29 is 27.6 Å². The normalized spacial score (nSPS) is 11.5. The van der Waals surface area contributed by atoms with Crippen molar-refractivity contribution in [1.29, 1.82) is 0 Å². The van der Waals surface area contributed by atoms with Crippen LogP contribution in [0.4, 0.5) is 13.2 Å². The predicted octanol–water partition coefficient (Wildman–Crippen LogP) is 5.96. The quantitative estimate of drug-likeness (QED) is 0.302. The van der Waals surface area contributed by atoms with Crippen molar-refractivity contribution in [1.82, 2.24) is 15.5 Å². The highest BCUT2D eigenvalue weighted by Gasteiger charge is 2.30. The molecule has 1 aromatic heterocycles. The molecule has 180 valence electrons. The molecule has 0 fully saturated rings. The highest BCUT2D eigenvalue weighted by Crippen LogP contribution is 2.34. The van der Waals surface area contributed by atoms with Gasteiger partial charge in [-0.25, -0.2) is 0 Å². The molecule has 0 spiro atoms. The minimum absolute atomic E-state index is 0.0596. The van der Waals surface area contributed by atoms with Gasteiger partial charge in [-0.15, -0.1) is 0 Å². The van der Waals surface area contributed by atoms with Gasteiger partial charge in [0.05, 0.1) is 12.0 Å². The number of hydrogen-bond donors (Lipinski definition) is 2. The van der Waals surface area contributed by atoms with E-state index < -0.39 is 17.7 Å². The Labute approximate surface area is 199 Å². The molecule has 6 nitrogen and oxygen atoms in total. The van der Waals surface area contributed by atoms with Gasteiger partial charge in [0.2, 0.25) is 5.82 Å². The minimum atomic E-state index is -4.40. The summed E-state index contributed by atoms with van der Waals surface area (Å²) in [6.45, 7) is 2.75. The molecule has 9 heteroatoms. The predicted molar refractivity (Wildman–Crippen MR) is 124 cm³/mol. The Hall–Kier alpha value is -3.98. The van der Waals surface area contributed by atoms with Gasteiger partial charge in [0.15, 0.2) is 0 Å². The van der Waals surface area contributed by atoms with Crippen molar-refractivity contribution >= 4 is 5.97 Å². The Morgan fingerprint density at radius 1 is 1.00 bits per heavy atom. The lowest BCUT2D eigenvalue weighted by atomic mass is 9.97. The molecule has 0 bridgehead atoms. The molecule has 0 saturated heterocycles. The van der Waals surface area contributed by atoms with Gasteiger partial charge in [-0.1, -0.05) is 47.6 Å². The number of halogens is 3. The average molecular weight is 481 g/mol. The van der Waals surface area contributed by atoms with E-state index in [1.54, 1.807) is 24.3 Å². The topological polar surface area (TPSA) is 88.2 Å². The van der Waals surface area contributed by atoms with Crippen LogP contribution in [0.3, 0.4) is 0 Å². The number of alkyl halides is 3. The number of nitrogens with zero attached hydrogens (tertiary/aromatic N) is 2. The Kier molecular flexibility index (Phi) is 6.97. The Balaban J connectivity index is 1.48. The molecule has 4 rings (SSSR count).